The second kappa shape index (κ2) is 11.1. The van der Waals surface area contributed by atoms with Crippen molar-refractivity contribution in [1.82, 2.24) is 9.21 Å². The maximum Gasteiger partial charge on any atom is 0.254 e. The molecule has 0 unspecified atom stereocenters. The van der Waals surface area contributed by atoms with E-state index in [-0.39, 0.29) is 23.9 Å². The van der Waals surface area contributed by atoms with Gasteiger partial charge in [0.05, 0.1) is 24.7 Å². The highest BCUT2D eigenvalue weighted by molar-refractivity contribution is 7.89. The van der Waals surface area contributed by atoms with Crippen LogP contribution < -0.4 is 14.2 Å². The molecular formula is C25H34N2O6S. The number of amides is 1. The fraction of sp³-hybridized carbons (Fsp3) is 0.480. The molecule has 0 aromatic heterocycles. The van der Waals surface area contributed by atoms with Crippen LogP contribution in [0.5, 0.6) is 17.2 Å². The van der Waals surface area contributed by atoms with Gasteiger partial charge >= 0.3 is 0 Å². The van der Waals surface area contributed by atoms with Crippen LogP contribution in [0.4, 0.5) is 0 Å². The van der Waals surface area contributed by atoms with Crippen LogP contribution in [0.25, 0.3) is 0 Å². The molecule has 0 aliphatic carbocycles. The molecule has 3 rings (SSSR count). The van der Waals surface area contributed by atoms with Gasteiger partial charge in [-0.15, -0.1) is 0 Å². The number of piperazine rings is 1. The molecule has 0 N–H and O–H groups in total. The predicted octanol–water partition coefficient (Wildman–Crippen LogP) is 3.65. The van der Waals surface area contributed by atoms with Crippen molar-refractivity contribution in [3.8, 4) is 17.2 Å². The van der Waals surface area contributed by atoms with Crippen LogP contribution in [0.15, 0.2) is 35.2 Å². The summed E-state index contributed by atoms with van der Waals surface area (Å²) in [5, 5.41) is 0. The third-order valence-electron chi connectivity index (χ3n) is 5.80. The van der Waals surface area contributed by atoms with Gasteiger partial charge in [-0.1, -0.05) is 6.07 Å². The summed E-state index contributed by atoms with van der Waals surface area (Å²) >= 11 is 0. The zero-order chi connectivity index (χ0) is 24.9. The Morgan fingerprint density at radius 3 is 1.88 bits per heavy atom. The van der Waals surface area contributed by atoms with Crippen LogP contribution in [0.1, 0.15) is 42.3 Å². The van der Waals surface area contributed by atoms with Gasteiger partial charge in [0.1, 0.15) is 0 Å². The van der Waals surface area contributed by atoms with Crippen molar-refractivity contribution in [2.75, 3.05) is 46.0 Å². The van der Waals surface area contributed by atoms with Gasteiger partial charge in [0.15, 0.2) is 11.5 Å². The van der Waals surface area contributed by atoms with Gasteiger partial charge < -0.3 is 19.1 Å². The zero-order valence-electron chi connectivity index (χ0n) is 20.6. The van der Waals surface area contributed by atoms with Crippen LogP contribution in [0.2, 0.25) is 0 Å². The second-order valence-corrected chi connectivity index (χ2v) is 9.98. The third kappa shape index (κ3) is 5.47. The Labute approximate surface area is 202 Å². The minimum Gasteiger partial charge on any atom is -0.490 e. The van der Waals surface area contributed by atoms with E-state index in [1.54, 1.807) is 29.2 Å². The number of ether oxygens (including phenoxy) is 3. The molecule has 2 aromatic carbocycles. The number of hydrogen-bond acceptors (Lipinski definition) is 6. The largest absolute Gasteiger partial charge is 0.490 e. The number of aryl methyl sites for hydroxylation is 2. The molecule has 1 saturated heterocycles. The standard InChI is InChI=1S/C25H34N2O6S/c1-6-31-22-16-20(17-23(32-7-2)24(22)33-8-3)25(28)26-11-13-27(14-12-26)34(29,30)21-10-9-18(4)19(5)15-21/h9-10,15-17H,6-8,11-14H2,1-5H3. The van der Waals surface area contributed by atoms with Crippen LogP contribution in [-0.2, 0) is 10.0 Å². The molecule has 186 valence electrons. The lowest BCUT2D eigenvalue weighted by Crippen LogP contribution is -2.50. The van der Waals surface area contributed by atoms with E-state index in [2.05, 4.69) is 0 Å². The third-order valence-corrected chi connectivity index (χ3v) is 7.69. The molecule has 8 nitrogen and oxygen atoms in total. The molecule has 0 saturated carbocycles. The van der Waals surface area contributed by atoms with Gasteiger partial charge in [0.2, 0.25) is 15.8 Å². The van der Waals surface area contributed by atoms with Crippen molar-refractivity contribution in [2.24, 2.45) is 0 Å². The maximum atomic E-state index is 13.3. The van der Waals surface area contributed by atoms with Crippen molar-refractivity contribution < 1.29 is 27.4 Å². The first-order chi connectivity index (χ1) is 16.2. The SMILES string of the molecule is CCOc1cc(C(=O)N2CCN(S(=O)(=O)c3ccc(C)c(C)c3)CC2)cc(OCC)c1OCC. The Morgan fingerprint density at radius 2 is 1.38 bits per heavy atom. The number of nitrogens with zero attached hydrogens (tertiary/aromatic N) is 2. The highest BCUT2D eigenvalue weighted by Gasteiger charge is 2.31. The summed E-state index contributed by atoms with van der Waals surface area (Å²) < 4.78 is 44.8. The van der Waals surface area contributed by atoms with E-state index in [1.807, 2.05) is 40.7 Å². The average molecular weight is 491 g/mol. The highest BCUT2D eigenvalue weighted by Crippen LogP contribution is 2.39. The molecular weight excluding hydrogens is 456 g/mol. The molecule has 0 spiro atoms. The number of benzene rings is 2. The summed E-state index contributed by atoms with van der Waals surface area (Å²) in [5.41, 5.74) is 2.39. The summed E-state index contributed by atoms with van der Waals surface area (Å²) in [6, 6.07) is 8.49. The molecule has 34 heavy (non-hydrogen) atoms. The summed E-state index contributed by atoms with van der Waals surface area (Å²) in [4.78, 5) is 15.2. The van der Waals surface area contributed by atoms with Gasteiger partial charge in [-0.3, -0.25) is 4.79 Å². The molecule has 1 aliphatic rings. The lowest BCUT2D eigenvalue weighted by atomic mass is 10.1. The predicted molar refractivity (Wildman–Crippen MR) is 131 cm³/mol. The van der Waals surface area contributed by atoms with E-state index in [1.165, 1.54) is 4.31 Å². The molecule has 9 heteroatoms. The Morgan fingerprint density at radius 1 is 0.824 bits per heavy atom. The number of rotatable bonds is 9. The zero-order valence-corrected chi connectivity index (χ0v) is 21.4. The van der Waals surface area contributed by atoms with E-state index in [4.69, 9.17) is 14.2 Å². The van der Waals surface area contributed by atoms with Crippen LogP contribution in [0, 0.1) is 13.8 Å². The van der Waals surface area contributed by atoms with Crippen LogP contribution >= 0.6 is 0 Å². The molecule has 2 aromatic rings. The van der Waals surface area contributed by atoms with Crippen molar-refractivity contribution in [3.05, 3.63) is 47.0 Å². The monoisotopic (exact) mass is 490 g/mol. The molecule has 1 amide bonds. The molecule has 1 fully saturated rings. The summed E-state index contributed by atoms with van der Waals surface area (Å²) in [6.45, 7) is 11.8. The molecule has 0 bridgehead atoms. The average Bonchev–Trinajstić information content (AvgIpc) is 2.82. The molecule has 0 radical (unpaired) electrons. The van der Waals surface area contributed by atoms with Gasteiger partial charge in [0.25, 0.3) is 5.91 Å². The fourth-order valence-corrected chi connectivity index (χ4v) is 5.36. The van der Waals surface area contributed by atoms with Crippen molar-refractivity contribution in [3.63, 3.8) is 0 Å². The molecule has 1 heterocycles. The Kier molecular flexibility index (Phi) is 8.43. The highest BCUT2D eigenvalue weighted by atomic mass is 32.2. The summed E-state index contributed by atoms with van der Waals surface area (Å²) in [7, 11) is -3.62. The van der Waals surface area contributed by atoms with Crippen LogP contribution in [-0.4, -0.2) is 69.5 Å². The van der Waals surface area contributed by atoms with Gasteiger partial charge in [-0.25, -0.2) is 8.42 Å². The normalized spacial score (nSPS) is 14.7. The summed E-state index contributed by atoms with van der Waals surface area (Å²) in [5.74, 6) is 1.18. The second-order valence-electron chi connectivity index (χ2n) is 8.04. The van der Waals surface area contributed by atoms with Crippen molar-refractivity contribution in [2.45, 2.75) is 39.5 Å². The molecule has 1 aliphatic heterocycles. The minimum atomic E-state index is -3.62. The first-order valence-corrected chi connectivity index (χ1v) is 13.1. The fourth-order valence-electron chi connectivity index (χ4n) is 3.85. The van der Waals surface area contributed by atoms with Crippen molar-refractivity contribution in [1.29, 1.82) is 0 Å². The van der Waals surface area contributed by atoms with E-state index < -0.39 is 10.0 Å². The van der Waals surface area contributed by atoms with Gasteiger partial charge in [-0.05, 0) is 70.0 Å². The Hall–Kier alpha value is -2.78. The van der Waals surface area contributed by atoms with Gasteiger partial charge in [0, 0.05) is 31.7 Å². The van der Waals surface area contributed by atoms with Crippen molar-refractivity contribution >= 4 is 15.9 Å². The smallest absolute Gasteiger partial charge is 0.254 e. The van der Waals surface area contributed by atoms with E-state index >= 15 is 0 Å². The topological polar surface area (TPSA) is 85.4 Å². The Balaban J connectivity index is 1.78. The van der Waals surface area contributed by atoms with E-state index in [0.29, 0.717) is 55.7 Å². The lowest BCUT2D eigenvalue weighted by Gasteiger charge is -2.34. The number of carbonyl (C=O) groups excluding carboxylic acids is 1. The number of hydrogen-bond donors (Lipinski definition) is 0. The maximum absolute atomic E-state index is 13.3. The Bertz CT molecular complexity index is 1100. The lowest BCUT2D eigenvalue weighted by molar-refractivity contribution is 0.0696. The summed E-state index contributed by atoms with van der Waals surface area (Å²) in [6.07, 6.45) is 0. The van der Waals surface area contributed by atoms with E-state index in [9.17, 15) is 13.2 Å². The molecule has 0 atom stereocenters. The van der Waals surface area contributed by atoms with Crippen LogP contribution in [0.3, 0.4) is 0 Å². The number of sulfonamides is 1. The van der Waals surface area contributed by atoms with Gasteiger partial charge in [-0.2, -0.15) is 4.31 Å². The number of carbonyl (C=O) groups is 1. The first-order valence-electron chi connectivity index (χ1n) is 11.7. The minimum absolute atomic E-state index is 0.201. The first kappa shape index (κ1) is 25.8. The quantitative estimate of drug-likeness (QED) is 0.534. The van der Waals surface area contributed by atoms with E-state index in [0.717, 1.165) is 11.1 Å².